The lowest BCUT2D eigenvalue weighted by Gasteiger charge is -2.30. The standard InChI is InChI=1S/C6H13NO2/c1-4-6(9)5(8)2-3-7-4/h4-9H,2-3H2,1H3. The summed E-state index contributed by atoms with van der Waals surface area (Å²) in [5.74, 6) is 0. The van der Waals surface area contributed by atoms with E-state index in [-0.39, 0.29) is 6.04 Å². The molecule has 0 aliphatic carbocycles. The molecular weight excluding hydrogens is 118 g/mol. The van der Waals surface area contributed by atoms with Crippen LogP contribution in [0.1, 0.15) is 13.3 Å². The second kappa shape index (κ2) is 2.64. The molecule has 1 saturated heterocycles. The molecule has 9 heavy (non-hydrogen) atoms. The molecule has 0 aromatic heterocycles. The van der Waals surface area contributed by atoms with Gasteiger partial charge in [-0.05, 0) is 19.9 Å². The highest BCUT2D eigenvalue weighted by Gasteiger charge is 2.26. The normalized spacial score (nSPS) is 45.0. The summed E-state index contributed by atoms with van der Waals surface area (Å²) >= 11 is 0. The van der Waals surface area contributed by atoms with Crippen LogP contribution in [0.3, 0.4) is 0 Å². The van der Waals surface area contributed by atoms with Crippen LogP contribution in [0.5, 0.6) is 0 Å². The van der Waals surface area contributed by atoms with Gasteiger partial charge in [0.15, 0.2) is 0 Å². The Bertz CT molecular complexity index is 87.1. The Kier molecular flexibility index (Phi) is 2.05. The summed E-state index contributed by atoms with van der Waals surface area (Å²) in [7, 11) is 0. The van der Waals surface area contributed by atoms with Gasteiger partial charge in [-0.25, -0.2) is 0 Å². The zero-order valence-electron chi connectivity index (χ0n) is 5.54. The molecule has 0 bridgehead atoms. The molecule has 1 aliphatic rings. The fourth-order valence-electron chi connectivity index (χ4n) is 1.08. The Labute approximate surface area is 54.7 Å². The van der Waals surface area contributed by atoms with Gasteiger partial charge in [0, 0.05) is 6.04 Å². The first-order chi connectivity index (χ1) is 4.22. The molecule has 0 aromatic carbocycles. The molecule has 3 atom stereocenters. The lowest BCUT2D eigenvalue weighted by atomic mass is 10.0. The minimum Gasteiger partial charge on any atom is -0.390 e. The van der Waals surface area contributed by atoms with Gasteiger partial charge in [0.1, 0.15) is 0 Å². The number of hydrogen-bond acceptors (Lipinski definition) is 3. The van der Waals surface area contributed by atoms with Crippen molar-refractivity contribution in [3.05, 3.63) is 0 Å². The van der Waals surface area contributed by atoms with Crippen LogP contribution in [0.2, 0.25) is 0 Å². The molecule has 0 spiro atoms. The van der Waals surface area contributed by atoms with Crippen molar-refractivity contribution < 1.29 is 10.2 Å². The Balaban J connectivity index is 2.41. The van der Waals surface area contributed by atoms with Crippen molar-refractivity contribution in [2.45, 2.75) is 31.6 Å². The van der Waals surface area contributed by atoms with E-state index in [0.29, 0.717) is 6.42 Å². The molecule has 3 heteroatoms. The first kappa shape index (κ1) is 6.99. The number of nitrogens with one attached hydrogen (secondary N) is 1. The molecule has 1 rings (SSSR count). The SMILES string of the molecule is CC1NCCC(O)C1O. The molecular formula is C6H13NO2. The molecule has 1 fully saturated rings. The quantitative estimate of drug-likeness (QED) is 0.399. The van der Waals surface area contributed by atoms with Crippen LogP contribution >= 0.6 is 0 Å². The second-order valence-electron chi connectivity index (χ2n) is 2.59. The van der Waals surface area contributed by atoms with Crippen LogP contribution in [0.15, 0.2) is 0 Å². The van der Waals surface area contributed by atoms with E-state index in [1.54, 1.807) is 0 Å². The maximum Gasteiger partial charge on any atom is 0.0949 e. The third kappa shape index (κ3) is 1.41. The first-order valence-corrected chi connectivity index (χ1v) is 3.31. The smallest absolute Gasteiger partial charge is 0.0949 e. The lowest BCUT2D eigenvalue weighted by Crippen LogP contribution is -2.50. The van der Waals surface area contributed by atoms with E-state index in [4.69, 9.17) is 10.2 Å². The Morgan fingerprint density at radius 1 is 1.44 bits per heavy atom. The predicted octanol–water partition coefficient (Wildman–Crippen LogP) is -0.910. The van der Waals surface area contributed by atoms with E-state index >= 15 is 0 Å². The fraction of sp³-hybridized carbons (Fsp3) is 1.00. The van der Waals surface area contributed by atoms with E-state index in [2.05, 4.69) is 5.32 Å². The number of hydrogen-bond donors (Lipinski definition) is 3. The van der Waals surface area contributed by atoms with Crippen LogP contribution in [0.4, 0.5) is 0 Å². The Hall–Kier alpha value is -0.120. The molecule has 3 nitrogen and oxygen atoms in total. The van der Waals surface area contributed by atoms with Crippen LogP contribution in [-0.4, -0.2) is 35.0 Å². The number of piperidine rings is 1. The van der Waals surface area contributed by atoms with Gasteiger partial charge >= 0.3 is 0 Å². The minimum absolute atomic E-state index is 0.0359. The van der Waals surface area contributed by atoms with Gasteiger partial charge in [-0.15, -0.1) is 0 Å². The van der Waals surface area contributed by atoms with Gasteiger partial charge in [0.05, 0.1) is 12.2 Å². The van der Waals surface area contributed by atoms with Crippen molar-refractivity contribution in [1.82, 2.24) is 5.32 Å². The van der Waals surface area contributed by atoms with Crippen LogP contribution in [-0.2, 0) is 0 Å². The van der Waals surface area contributed by atoms with Crippen LogP contribution in [0.25, 0.3) is 0 Å². The summed E-state index contributed by atoms with van der Waals surface area (Å²) < 4.78 is 0. The molecule has 0 amide bonds. The van der Waals surface area contributed by atoms with E-state index in [9.17, 15) is 0 Å². The molecule has 0 radical (unpaired) electrons. The molecule has 0 aromatic rings. The van der Waals surface area contributed by atoms with Crippen LogP contribution in [0, 0.1) is 0 Å². The highest BCUT2D eigenvalue weighted by Crippen LogP contribution is 2.07. The van der Waals surface area contributed by atoms with Crippen LogP contribution < -0.4 is 5.32 Å². The Morgan fingerprint density at radius 2 is 2.11 bits per heavy atom. The molecule has 1 heterocycles. The molecule has 54 valence electrons. The zero-order valence-corrected chi connectivity index (χ0v) is 5.54. The van der Waals surface area contributed by atoms with Gasteiger partial charge in [0.25, 0.3) is 0 Å². The number of aliphatic hydroxyl groups excluding tert-OH is 2. The van der Waals surface area contributed by atoms with E-state index in [1.807, 2.05) is 6.92 Å². The highest BCUT2D eigenvalue weighted by atomic mass is 16.3. The summed E-state index contributed by atoms with van der Waals surface area (Å²) in [4.78, 5) is 0. The third-order valence-corrected chi connectivity index (χ3v) is 1.81. The maximum absolute atomic E-state index is 9.13. The van der Waals surface area contributed by atoms with Crippen molar-refractivity contribution in [2.75, 3.05) is 6.54 Å². The lowest BCUT2D eigenvalue weighted by molar-refractivity contribution is -0.0220. The average Bonchev–Trinajstić information content (AvgIpc) is 1.83. The topological polar surface area (TPSA) is 52.5 Å². The maximum atomic E-state index is 9.13. The van der Waals surface area contributed by atoms with E-state index in [1.165, 1.54) is 0 Å². The van der Waals surface area contributed by atoms with Crippen molar-refractivity contribution in [3.8, 4) is 0 Å². The second-order valence-corrected chi connectivity index (χ2v) is 2.59. The highest BCUT2D eigenvalue weighted by molar-refractivity contribution is 4.83. The largest absolute Gasteiger partial charge is 0.390 e. The van der Waals surface area contributed by atoms with E-state index in [0.717, 1.165) is 6.54 Å². The van der Waals surface area contributed by atoms with Crippen molar-refractivity contribution >= 4 is 0 Å². The molecule has 0 saturated carbocycles. The molecule has 3 unspecified atom stereocenters. The average molecular weight is 131 g/mol. The monoisotopic (exact) mass is 131 g/mol. The Morgan fingerprint density at radius 3 is 2.56 bits per heavy atom. The summed E-state index contributed by atoms with van der Waals surface area (Å²) in [5.41, 5.74) is 0. The zero-order chi connectivity index (χ0) is 6.85. The third-order valence-electron chi connectivity index (χ3n) is 1.81. The summed E-state index contributed by atoms with van der Waals surface area (Å²) in [6, 6.07) is 0.0359. The van der Waals surface area contributed by atoms with E-state index < -0.39 is 12.2 Å². The van der Waals surface area contributed by atoms with Gasteiger partial charge in [0.2, 0.25) is 0 Å². The molecule has 1 aliphatic heterocycles. The predicted molar refractivity (Wildman–Crippen MR) is 34.1 cm³/mol. The minimum atomic E-state index is -0.584. The van der Waals surface area contributed by atoms with Crippen molar-refractivity contribution in [1.29, 1.82) is 0 Å². The van der Waals surface area contributed by atoms with Gasteiger partial charge in [-0.1, -0.05) is 0 Å². The summed E-state index contributed by atoms with van der Waals surface area (Å²) in [6.45, 7) is 2.67. The van der Waals surface area contributed by atoms with Gasteiger partial charge in [-0.3, -0.25) is 0 Å². The first-order valence-electron chi connectivity index (χ1n) is 3.31. The fourth-order valence-corrected chi connectivity index (χ4v) is 1.08. The molecule has 3 N–H and O–H groups in total. The summed E-state index contributed by atoms with van der Waals surface area (Å²) in [6.07, 6.45) is -0.453. The number of aliphatic hydroxyl groups is 2. The number of rotatable bonds is 0. The van der Waals surface area contributed by atoms with Gasteiger partial charge in [-0.2, -0.15) is 0 Å². The van der Waals surface area contributed by atoms with Gasteiger partial charge < -0.3 is 15.5 Å². The van der Waals surface area contributed by atoms with Crippen molar-refractivity contribution in [3.63, 3.8) is 0 Å². The van der Waals surface area contributed by atoms with Crippen molar-refractivity contribution in [2.24, 2.45) is 0 Å². The summed E-state index contributed by atoms with van der Waals surface area (Å²) in [5, 5.41) is 21.2.